The summed E-state index contributed by atoms with van der Waals surface area (Å²) in [7, 11) is 0. The number of rotatable bonds is 6. The monoisotopic (exact) mass is 213 g/mol. The van der Waals surface area contributed by atoms with Crippen molar-refractivity contribution in [3.05, 3.63) is 0 Å². The van der Waals surface area contributed by atoms with Gasteiger partial charge in [0.1, 0.15) is 0 Å². The molecule has 1 unspecified atom stereocenters. The zero-order valence-corrected chi connectivity index (χ0v) is 9.30. The van der Waals surface area contributed by atoms with Gasteiger partial charge >= 0.3 is 0 Å². The highest BCUT2D eigenvalue weighted by atomic mass is 16.2. The fourth-order valence-electron chi connectivity index (χ4n) is 1.17. The van der Waals surface area contributed by atoms with Crippen molar-refractivity contribution in [2.45, 2.75) is 38.8 Å². The van der Waals surface area contributed by atoms with Gasteiger partial charge in [-0.05, 0) is 19.8 Å². The molecule has 0 spiro atoms. The van der Waals surface area contributed by atoms with E-state index in [0.29, 0.717) is 19.1 Å². The molecule has 3 N–H and O–H groups in total. The maximum Gasteiger partial charge on any atom is 0.237 e. The minimum absolute atomic E-state index is 0.0420. The molecular weight excluding hydrogens is 194 g/mol. The predicted molar refractivity (Wildman–Crippen MR) is 57.3 cm³/mol. The number of amides is 2. The van der Waals surface area contributed by atoms with Gasteiger partial charge in [-0.2, -0.15) is 0 Å². The van der Waals surface area contributed by atoms with Crippen molar-refractivity contribution in [1.29, 1.82) is 0 Å². The number of carbonyl (C=O) groups excluding carboxylic acids is 2. The Morgan fingerprint density at radius 1 is 1.33 bits per heavy atom. The summed E-state index contributed by atoms with van der Waals surface area (Å²) < 4.78 is 0. The molecule has 1 saturated carbocycles. The van der Waals surface area contributed by atoms with Crippen LogP contribution < -0.4 is 16.0 Å². The number of hydrogen-bond donors (Lipinski definition) is 3. The maximum atomic E-state index is 11.5. The van der Waals surface area contributed by atoms with Crippen LogP contribution in [0.4, 0.5) is 0 Å². The average Bonchev–Trinajstić information content (AvgIpc) is 2.95. The molecule has 0 saturated heterocycles. The van der Waals surface area contributed by atoms with Gasteiger partial charge < -0.3 is 16.0 Å². The van der Waals surface area contributed by atoms with Crippen LogP contribution in [0.5, 0.6) is 0 Å². The normalized spacial score (nSPS) is 16.9. The second-order valence-corrected chi connectivity index (χ2v) is 3.94. The molecule has 0 heterocycles. The average molecular weight is 213 g/mol. The summed E-state index contributed by atoms with van der Waals surface area (Å²) in [4.78, 5) is 22.0. The molecule has 0 bridgehead atoms. The lowest BCUT2D eigenvalue weighted by Gasteiger charge is -2.13. The van der Waals surface area contributed by atoms with Gasteiger partial charge in [0.15, 0.2) is 0 Å². The lowest BCUT2D eigenvalue weighted by atomic mass is 10.3. The van der Waals surface area contributed by atoms with E-state index in [9.17, 15) is 9.59 Å². The summed E-state index contributed by atoms with van der Waals surface area (Å²) in [6, 6.07) is 0.205. The Hall–Kier alpha value is -1.10. The van der Waals surface area contributed by atoms with Gasteiger partial charge in [-0.15, -0.1) is 0 Å². The van der Waals surface area contributed by atoms with Crippen molar-refractivity contribution in [2.75, 3.05) is 13.1 Å². The van der Waals surface area contributed by atoms with Crippen molar-refractivity contribution in [1.82, 2.24) is 16.0 Å². The molecule has 0 aromatic rings. The van der Waals surface area contributed by atoms with E-state index < -0.39 is 0 Å². The molecule has 1 aliphatic rings. The maximum absolute atomic E-state index is 11.5. The number of hydrogen-bond acceptors (Lipinski definition) is 3. The van der Waals surface area contributed by atoms with Crippen molar-refractivity contribution in [3.8, 4) is 0 Å². The molecule has 5 nitrogen and oxygen atoms in total. The Kier molecular flexibility index (Phi) is 4.55. The lowest BCUT2D eigenvalue weighted by Crippen LogP contribution is -2.45. The molecule has 1 fully saturated rings. The second-order valence-electron chi connectivity index (χ2n) is 3.94. The van der Waals surface area contributed by atoms with E-state index in [1.807, 2.05) is 6.92 Å². The highest BCUT2D eigenvalue weighted by Gasteiger charge is 2.25. The molecule has 0 aliphatic heterocycles. The van der Waals surface area contributed by atoms with Crippen molar-refractivity contribution >= 4 is 11.8 Å². The van der Waals surface area contributed by atoms with E-state index in [-0.39, 0.29) is 17.9 Å². The third kappa shape index (κ3) is 5.37. The van der Waals surface area contributed by atoms with E-state index in [1.54, 1.807) is 0 Å². The first-order valence-electron chi connectivity index (χ1n) is 5.38. The fraction of sp³-hybridized carbons (Fsp3) is 0.800. The highest BCUT2D eigenvalue weighted by Crippen LogP contribution is 2.18. The third-order valence-corrected chi connectivity index (χ3v) is 2.27. The molecule has 15 heavy (non-hydrogen) atoms. The molecule has 86 valence electrons. The van der Waals surface area contributed by atoms with Gasteiger partial charge in [0.2, 0.25) is 11.8 Å². The summed E-state index contributed by atoms with van der Waals surface area (Å²) in [6.45, 7) is 4.46. The van der Waals surface area contributed by atoms with Crippen LogP contribution in [-0.4, -0.2) is 37.0 Å². The van der Waals surface area contributed by atoms with E-state index in [4.69, 9.17) is 0 Å². The summed E-state index contributed by atoms with van der Waals surface area (Å²) in [6.07, 6.45) is 2.20. The first kappa shape index (κ1) is 12.0. The third-order valence-electron chi connectivity index (χ3n) is 2.27. The van der Waals surface area contributed by atoms with Gasteiger partial charge in [0.05, 0.1) is 6.04 Å². The quantitative estimate of drug-likeness (QED) is 0.515. The van der Waals surface area contributed by atoms with E-state index in [1.165, 1.54) is 6.92 Å². The first-order chi connectivity index (χ1) is 7.09. The Morgan fingerprint density at radius 2 is 2.00 bits per heavy atom. The van der Waals surface area contributed by atoms with Crippen LogP contribution in [0.25, 0.3) is 0 Å². The topological polar surface area (TPSA) is 70.2 Å². The predicted octanol–water partition coefficient (Wildman–Crippen LogP) is -0.621. The molecule has 0 aromatic carbocycles. The van der Waals surface area contributed by atoms with Crippen LogP contribution in [0.2, 0.25) is 0 Å². The second kappa shape index (κ2) is 5.70. The Labute approximate surface area is 90.0 Å². The van der Waals surface area contributed by atoms with E-state index >= 15 is 0 Å². The van der Waals surface area contributed by atoms with Gasteiger partial charge in [-0.1, -0.05) is 0 Å². The summed E-state index contributed by atoms with van der Waals surface area (Å²) >= 11 is 0. The SMILES string of the molecule is CC(=O)NCCNC(C)C(=O)NC1CC1. The first-order valence-corrected chi connectivity index (χ1v) is 5.38. The number of nitrogens with one attached hydrogen (secondary N) is 3. The highest BCUT2D eigenvalue weighted by molar-refractivity contribution is 5.81. The van der Waals surface area contributed by atoms with E-state index in [2.05, 4.69) is 16.0 Å². The van der Waals surface area contributed by atoms with Gasteiger partial charge in [-0.3, -0.25) is 9.59 Å². The Morgan fingerprint density at radius 3 is 2.53 bits per heavy atom. The molecule has 1 aliphatic carbocycles. The minimum Gasteiger partial charge on any atom is -0.355 e. The molecule has 5 heteroatoms. The largest absolute Gasteiger partial charge is 0.355 e. The summed E-state index contributed by atoms with van der Waals surface area (Å²) in [5.74, 6) is -0.00721. The molecule has 0 radical (unpaired) electrons. The van der Waals surface area contributed by atoms with Gasteiger partial charge in [-0.25, -0.2) is 0 Å². The van der Waals surface area contributed by atoms with E-state index in [0.717, 1.165) is 12.8 Å². The molecular formula is C10H19N3O2. The lowest BCUT2D eigenvalue weighted by molar-refractivity contribution is -0.122. The minimum atomic E-state index is -0.195. The summed E-state index contributed by atoms with van der Waals surface area (Å²) in [5.41, 5.74) is 0. The Bertz CT molecular complexity index is 239. The molecule has 2 amide bonds. The Balaban J connectivity index is 2.03. The van der Waals surface area contributed by atoms with Crippen molar-refractivity contribution in [2.24, 2.45) is 0 Å². The van der Waals surface area contributed by atoms with Crippen LogP contribution in [0.15, 0.2) is 0 Å². The van der Waals surface area contributed by atoms with Crippen molar-refractivity contribution in [3.63, 3.8) is 0 Å². The zero-order chi connectivity index (χ0) is 11.3. The van der Waals surface area contributed by atoms with Crippen LogP contribution in [0.1, 0.15) is 26.7 Å². The molecule has 1 rings (SSSR count). The van der Waals surface area contributed by atoms with Crippen LogP contribution in [0.3, 0.4) is 0 Å². The van der Waals surface area contributed by atoms with Crippen LogP contribution >= 0.6 is 0 Å². The van der Waals surface area contributed by atoms with Gasteiger partial charge in [0.25, 0.3) is 0 Å². The summed E-state index contributed by atoms with van der Waals surface area (Å²) in [5, 5.41) is 8.62. The zero-order valence-electron chi connectivity index (χ0n) is 9.30. The van der Waals surface area contributed by atoms with Crippen LogP contribution in [-0.2, 0) is 9.59 Å². The van der Waals surface area contributed by atoms with Gasteiger partial charge in [0, 0.05) is 26.1 Å². The smallest absolute Gasteiger partial charge is 0.237 e. The van der Waals surface area contributed by atoms with Crippen molar-refractivity contribution < 1.29 is 9.59 Å². The van der Waals surface area contributed by atoms with Crippen LogP contribution in [0, 0.1) is 0 Å². The standard InChI is InChI=1S/C10H19N3O2/c1-7(10(15)13-9-3-4-9)11-5-6-12-8(2)14/h7,9,11H,3-6H2,1-2H3,(H,12,14)(H,13,15). The molecule has 1 atom stereocenters. The fourth-order valence-corrected chi connectivity index (χ4v) is 1.17. The number of carbonyl (C=O) groups is 2. The molecule has 0 aromatic heterocycles.